The molecule has 3 N–H and O–H groups in total. The Labute approximate surface area is 204 Å². The van der Waals surface area contributed by atoms with Crippen molar-refractivity contribution < 1.29 is 24.2 Å². The number of rotatable bonds is 9. The lowest BCUT2D eigenvalue weighted by Crippen LogP contribution is -2.35. The number of nitrogens with one attached hydrogen (secondary N) is 2. The van der Waals surface area contributed by atoms with Crippen LogP contribution in [0.15, 0.2) is 72.8 Å². The van der Waals surface area contributed by atoms with Gasteiger partial charge in [-0.1, -0.05) is 67.6 Å². The lowest BCUT2D eigenvalue weighted by molar-refractivity contribution is -0.137. The Hall–Kier alpha value is -4.13. The minimum atomic E-state index is -0.907. The van der Waals surface area contributed by atoms with Crippen molar-refractivity contribution in [3.8, 4) is 11.1 Å². The van der Waals surface area contributed by atoms with Gasteiger partial charge in [0.25, 0.3) is 5.91 Å². The van der Waals surface area contributed by atoms with E-state index in [1.165, 1.54) is 0 Å². The Morgan fingerprint density at radius 2 is 1.51 bits per heavy atom. The molecule has 7 heteroatoms. The van der Waals surface area contributed by atoms with Crippen LogP contribution in [0.25, 0.3) is 11.1 Å². The first-order valence-corrected chi connectivity index (χ1v) is 11.7. The highest BCUT2D eigenvalue weighted by Crippen LogP contribution is 2.44. The number of carboxylic acid groups (broad SMARTS) is 1. The first kappa shape index (κ1) is 24.0. The fourth-order valence-electron chi connectivity index (χ4n) is 4.47. The smallest absolute Gasteiger partial charge is 0.411 e. The zero-order valence-corrected chi connectivity index (χ0v) is 19.5. The number of para-hydroxylation sites is 1. The number of carbonyl (C=O) groups is 3. The summed E-state index contributed by atoms with van der Waals surface area (Å²) in [4.78, 5) is 36.4. The second kappa shape index (κ2) is 10.9. The summed E-state index contributed by atoms with van der Waals surface area (Å²) in [6, 6.07) is 22.6. The van der Waals surface area contributed by atoms with E-state index in [2.05, 4.69) is 34.9 Å². The van der Waals surface area contributed by atoms with Crippen LogP contribution in [0, 0.1) is 0 Å². The number of aliphatic carboxylic acids is 1. The molecule has 35 heavy (non-hydrogen) atoms. The van der Waals surface area contributed by atoms with Gasteiger partial charge < -0.3 is 15.2 Å². The van der Waals surface area contributed by atoms with Gasteiger partial charge in [0.2, 0.25) is 0 Å². The van der Waals surface area contributed by atoms with E-state index < -0.39 is 12.1 Å². The molecular formula is C28H28N2O5. The highest BCUT2D eigenvalue weighted by Gasteiger charge is 2.29. The van der Waals surface area contributed by atoms with Gasteiger partial charge in [-0.25, -0.2) is 4.79 Å². The van der Waals surface area contributed by atoms with Crippen LogP contribution in [0.5, 0.6) is 0 Å². The van der Waals surface area contributed by atoms with E-state index in [1.54, 1.807) is 24.3 Å². The number of ether oxygens (including phenoxy) is 1. The number of amides is 2. The summed E-state index contributed by atoms with van der Waals surface area (Å²) in [6.45, 7) is 2.05. The van der Waals surface area contributed by atoms with Gasteiger partial charge in [-0.15, -0.1) is 0 Å². The minimum Gasteiger partial charge on any atom is -0.481 e. The van der Waals surface area contributed by atoms with E-state index in [-0.39, 0.29) is 36.5 Å². The maximum absolute atomic E-state index is 12.9. The molecule has 1 atom stereocenters. The monoisotopic (exact) mass is 472 g/mol. The maximum Gasteiger partial charge on any atom is 0.411 e. The SMILES string of the molecule is CCC(CCC(=O)O)NC(=O)c1ccccc1NC(=O)OCC1c2ccccc2-c2ccccc21. The van der Waals surface area contributed by atoms with Crippen LogP contribution < -0.4 is 10.6 Å². The molecule has 0 bridgehead atoms. The van der Waals surface area contributed by atoms with Gasteiger partial charge in [-0.05, 0) is 47.2 Å². The molecule has 2 amide bonds. The summed E-state index contributed by atoms with van der Waals surface area (Å²) in [5, 5.41) is 14.5. The van der Waals surface area contributed by atoms with Crippen molar-refractivity contribution >= 4 is 23.7 Å². The molecule has 3 aromatic rings. The zero-order valence-electron chi connectivity index (χ0n) is 19.5. The molecule has 1 aliphatic carbocycles. The quantitative estimate of drug-likeness (QED) is 0.386. The van der Waals surface area contributed by atoms with Gasteiger partial charge in [0.1, 0.15) is 6.61 Å². The van der Waals surface area contributed by atoms with Gasteiger partial charge in [-0.2, -0.15) is 0 Å². The molecule has 7 nitrogen and oxygen atoms in total. The highest BCUT2D eigenvalue weighted by atomic mass is 16.5. The minimum absolute atomic E-state index is 0.0293. The first-order chi connectivity index (χ1) is 17.0. The van der Waals surface area contributed by atoms with Gasteiger partial charge in [-0.3, -0.25) is 14.9 Å². The van der Waals surface area contributed by atoms with Gasteiger partial charge >= 0.3 is 12.1 Å². The molecule has 4 rings (SSSR count). The van der Waals surface area contributed by atoms with Crippen molar-refractivity contribution in [1.82, 2.24) is 5.32 Å². The van der Waals surface area contributed by atoms with Crippen molar-refractivity contribution in [1.29, 1.82) is 0 Å². The lowest BCUT2D eigenvalue weighted by Gasteiger charge is -2.18. The van der Waals surface area contributed by atoms with Crippen molar-refractivity contribution in [3.05, 3.63) is 89.5 Å². The predicted molar refractivity (Wildman–Crippen MR) is 134 cm³/mol. The van der Waals surface area contributed by atoms with Crippen molar-refractivity contribution in [2.75, 3.05) is 11.9 Å². The third kappa shape index (κ3) is 5.51. The van der Waals surface area contributed by atoms with Crippen molar-refractivity contribution in [2.45, 2.75) is 38.1 Å². The molecule has 0 fully saturated rings. The molecule has 1 unspecified atom stereocenters. The molecule has 180 valence electrons. The van der Waals surface area contributed by atoms with Crippen LogP contribution in [-0.4, -0.2) is 35.7 Å². The Bertz CT molecular complexity index is 1190. The average molecular weight is 473 g/mol. The summed E-state index contributed by atoms with van der Waals surface area (Å²) < 4.78 is 5.60. The van der Waals surface area contributed by atoms with E-state index in [9.17, 15) is 14.4 Å². The molecule has 0 spiro atoms. The Balaban J connectivity index is 1.42. The molecule has 0 saturated carbocycles. The standard InChI is InChI=1S/C28H28N2O5/c1-2-18(15-16-26(31)32)29-27(33)23-13-7-8-14-25(23)30-28(34)35-17-24-21-11-5-3-9-19(21)20-10-4-6-12-22(20)24/h3-14,18,24H,2,15-17H2,1H3,(H,29,33)(H,30,34)(H,31,32). The Morgan fingerprint density at radius 1 is 0.914 bits per heavy atom. The van der Waals surface area contributed by atoms with Crippen molar-refractivity contribution in [2.24, 2.45) is 0 Å². The summed E-state index contributed by atoms with van der Waals surface area (Å²) in [7, 11) is 0. The lowest BCUT2D eigenvalue weighted by atomic mass is 9.98. The van der Waals surface area contributed by atoms with E-state index in [0.29, 0.717) is 18.5 Å². The third-order valence-corrected chi connectivity index (χ3v) is 6.29. The molecular weight excluding hydrogens is 444 g/mol. The molecule has 0 aromatic heterocycles. The number of hydrogen-bond acceptors (Lipinski definition) is 4. The van der Waals surface area contributed by atoms with Crippen LogP contribution in [0.2, 0.25) is 0 Å². The molecule has 0 saturated heterocycles. The molecule has 3 aromatic carbocycles. The number of carboxylic acids is 1. The topological polar surface area (TPSA) is 105 Å². The van der Waals surface area contributed by atoms with E-state index in [4.69, 9.17) is 9.84 Å². The number of benzene rings is 3. The molecule has 0 radical (unpaired) electrons. The normalized spacial score (nSPS) is 12.8. The van der Waals surface area contributed by atoms with Crippen LogP contribution in [-0.2, 0) is 9.53 Å². The fourth-order valence-corrected chi connectivity index (χ4v) is 4.47. The second-order valence-electron chi connectivity index (χ2n) is 8.51. The Morgan fingerprint density at radius 3 is 2.14 bits per heavy atom. The predicted octanol–water partition coefficient (Wildman–Crippen LogP) is 5.42. The molecule has 0 aliphatic heterocycles. The number of fused-ring (bicyclic) bond motifs is 3. The summed E-state index contributed by atoms with van der Waals surface area (Å²) in [5.74, 6) is -1.35. The largest absolute Gasteiger partial charge is 0.481 e. The zero-order chi connectivity index (χ0) is 24.8. The molecule has 0 heterocycles. The second-order valence-corrected chi connectivity index (χ2v) is 8.51. The fraction of sp³-hybridized carbons (Fsp3) is 0.250. The van der Waals surface area contributed by atoms with Gasteiger partial charge in [0.15, 0.2) is 0 Å². The first-order valence-electron chi connectivity index (χ1n) is 11.7. The number of carbonyl (C=O) groups excluding carboxylic acids is 2. The molecule has 1 aliphatic rings. The van der Waals surface area contributed by atoms with E-state index >= 15 is 0 Å². The van der Waals surface area contributed by atoms with E-state index in [1.807, 2.05) is 31.2 Å². The number of hydrogen-bond donors (Lipinski definition) is 3. The number of anilines is 1. The van der Waals surface area contributed by atoms with Crippen LogP contribution in [0.3, 0.4) is 0 Å². The highest BCUT2D eigenvalue weighted by molar-refractivity contribution is 6.02. The van der Waals surface area contributed by atoms with Crippen LogP contribution in [0.1, 0.15) is 53.6 Å². The average Bonchev–Trinajstić information content (AvgIpc) is 3.19. The third-order valence-electron chi connectivity index (χ3n) is 6.29. The van der Waals surface area contributed by atoms with Crippen LogP contribution >= 0.6 is 0 Å². The maximum atomic E-state index is 12.9. The summed E-state index contributed by atoms with van der Waals surface area (Å²) in [6.07, 6.45) is 0.254. The van der Waals surface area contributed by atoms with Crippen molar-refractivity contribution in [3.63, 3.8) is 0 Å². The van der Waals surface area contributed by atoms with Gasteiger partial charge in [0, 0.05) is 18.4 Å². The summed E-state index contributed by atoms with van der Waals surface area (Å²) in [5.41, 5.74) is 5.14. The summed E-state index contributed by atoms with van der Waals surface area (Å²) >= 11 is 0. The van der Waals surface area contributed by atoms with Gasteiger partial charge in [0.05, 0.1) is 11.3 Å². The van der Waals surface area contributed by atoms with E-state index in [0.717, 1.165) is 22.3 Å². The van der Waals surface area contributed by atoms with Crippen LogP contribution in [0.4, 0.5) is 10.5 Å². The Kier molecular flexibility index (Phi) is 7.45.